The SMILES string of the molecule is CN(C)Cc1csc2ccc(N)cc12. The molecule has 0 unspecified atom stereocenters. The Morgan fingerprint density at radius 2 is 2.14 bits per heavy atom. The molecule has 0 aliphatic heterocycles. The van der Waals surface area contributed by atoms with Crippen LogP contribution in [-0.4, -0.2) is 19.0 Å². The van der Waals surface area contributed by atoms with Gasteiger partial charge in [-0.15, -0.1) is 11.3 Å². The van der Waals surface area contributed by atoms with E-state index in [9.17, 15) is 0 Å². The number of nitrogens with zero attached hydrogens (tertiary/aromatic N) is 1. The Kier molecular flexibility index (Phi) is 2.44. The van der Waals surface area contributed by atoms with Crippen molar-refractivity contribution in [2.24, 2.45) is 0 Å². The Morgan fingerprint density at radius 3 is 2.86 bits per heavy atom. The van der Waals surface area contributed by atoms with Gasteiger partial charge >= 0.3 is 0 Å². The Labute approximate surface area is 87.9 Å². The smallest absolute Gasteiger partial charge is 0.0347 e. The molecular weight excluding hydrogens is 192 g/mol. The number of hydrogen-bond donors (Lipinski definition) is 1. The number of nitrogen functional groups attached to an aromatic ring is 1. The van der Waals surface area contributed by atoms with Crippen molar-refractivity contribution >= 4 is 27.1 Å². The Bertz CT molecular complexity index is 445. The first-order valence-corrected chi connectivity index (χ1v) is 5.45. The second-order valence-corrected chi connectivity index (χ2v) is 4.67. The molecule has 1 aromatic carbocycles. The first-order chi connectivity index (χ1) is 6.66. The minimum Gasteiger partial charge on any atom is -0.399 e. The zero-order valence-corrected chi connectivity index (χ0v) is 9.27. The Morgan fingerprint density at radius 1 is 1.36 bits per heavy atom. The predicted molar refractivity (Wildman–Crippen MR) is 63.6 cm³/mol. The highest BCUT2D eigenvalue weighted by molar-refractivity contribution is 7.17. The molecule has 3 heteroatoms. The van der Waals surface area contributed by atoms with Crippen LogP contribution in [-0.2, 0) is 6.54 Å². The molecule has 0 amide bonds. The molecule has 0 bridgehead atoms. The van der Waals surface area contributed by atoms with Crippen LogP contribution in [0.25, 0.3) is 10.1 Å². The first kappa shape index (κ1) is 9.49. The van der Waals surface area contributed by atoms with Crippen LogP contribution in [0.1, 0.15) is 5.56 Å². The van der Waals surface area contributed by atoms with E-state index in [0.29, 0.717) is 0 Å². The third kappa shape index (κ3) is 1.74. The number of nitrogens with two attached hydrogens (primary N) is 1. The van der Waals surface area contributed by atoms with E-state index in [0.717, 1.165) is 12.2 Å². The third-order valence-corrected chi connectivity index (χ3v) is 3.18. The quantitative estimate of drug-likeness (QED) is 0.765. The van der Waals surface area contributed by atoms with Gasteiger partial charge in [0.15, 0.2) is 0 Å². The van der Waals surface area contributed by atoms with E-state index >= 15 is 0 Å². The van der Waals surface area contributed by atoms with Gasteiger partial charge in [-0.3, -0.25) is 0 Å². The van der Waals surface area contributed by atoms with Gasteiger partial charge in [-0.05, 0) is 48.6 Å². The van der Waals surface area contributed by atoms with Crippen molar-refractivity contribution in [3.05, 3.63) is 29.1 Å². The minimum absolute atomic E-state index is 0.843. The third-order valence-electron chi connectivity index (χ3n) is 2.16. The van der Waals surface area contributed by atoms with Crippen molar-refractivity contribution in [3.8, 4) is 0 Å². The number of rotatable bonds is 2. The molecule has 0 spiro atoms. The van der Waals surface area contributed by atoms with Gasteiger partial charge in [0.1, 0.15) is 0 Å². The predicted octanol–water partition coefficient (Wildman–Crippen LogP) is 2.55. The number of benzene rings is 1. The molecule has 0 aliphatic rings. The van der Waals surface area contributed by atoms with Crippen LogP contribution in [0.2, 0.25) is 0 Å². The van der Waals surface area contributed by atoms with E-state index in [-0.39, 0.29) is 0 Å². The van der Waals surface area contributed by atoms with Crippen molar-refractivity contribution in [3.63, 3.8) is 0 Å². The summed E-state index contributed by atoms with van der Waals surface area (Å²) < 4.78 is 1.32. The van der Waals surface area contributed by atoms with Crippen LogP contribution in [0.4, 0.5) is 5.69 Å². The van der Waals surface area contributed by atoms with E-state index in [1.54, 1.807) is 11.3 Å². The van der Waals surface area contributed by atoms with E-state index in [2.05, 4.69) is 36.5 Å². The summed E-state index contributed by atoms with van der Waals surface area (Å²) >= 11 is 1.78. The molecule has 2 rings (SSSR count). The number of anilines is 1. The largest absolute Gasteiger partial charge is 0.399 e. The number of fused-ring (bicyclic) bond motifs is 1. The highest BCUT2D eigenvalue weighted by atomic mass is 32.1. The summed E-state index contributed by atoms with van der Waals surface area (Å²) in [5.41, 5.74) is 7.98. The van der Waals surface area contributed by atoms with Gasteiger partial charge in [-0.1, -0.05) is 0 Å². The average Bonchev–Trinajstić information content (AvgIpc) is 2.47. The maximum Gasteiger partial charge on any atom is 0.0347 e. The molecule has 1 heterocycles. The number of hydrogen-bond acceptors (Lipinski definition) is 3. The van der Waals surface area contributed by atoms with Crippen molar-refractivity contribution < 1.29 is 0 Å². The Balaban J connectivity index is 2.50. The van der Waals surface area contributed by atoms with Crippen molar-refractivity contribution in [1.29, 1.82) is 0 Å². The first-order valence-electron chi connectivity index (χ1n) is 4.57. The summed E-state index contributed by atoms with van der Waals surface area (Å²) in [6.45, 7) is 0.976. The summed E-state index contributed by atoms with van der Waals surface area (Å²) in [4.78, 5) is 2.17. The van der Waals surface area contributed by atoms with E-state index in [1.165, 1.54) is 15.6 Å². The van der Waals surface area contributed by atoms with Crippen LogP contribution >= 0.6 is 11.3 Å². The average molecular weight is 206 g/mol. The standard InChI is InChI=1S/C11H14N2S/c1-13(2)6-8-7-14-11-4-3-9(12)5-10(8)11/h3-5,7H,6,12H2,1-2H3. The summed E-state index contributed by atoms with van der Waals surface area (Å²) in [7, 11) is 4.16. The highest BCUT2D eigenvalue weighted by Crippen LogP contribution is 2.28. The molecule has 2 aromatic rings. The molecule has 14 heavy (non-hydrogen) atoms. The lowest BCUT2D eigenvalue weighted by molar-refractivity contribution is 0.404. The maximum absolute atomic E-state index is 5.77. The number of thiophene rings is 1. The van der Waals surface area contributed by atoms with Crippen LogP contribution in [0, 0.1) is 0 Å². The van der Waals surface area contributed by atoms with E-state index < -0.39 is 0 Å². The van der Waals surface area contributed by atoms with Crippen molar-refractivity contribution in [1.82, 2.24) is 4.90 Å². The second-order valence-electron chi connectivity index (χ2n) is 3.75. The lowest BCUT2D eigenvalue weighted by Crippen LogP contribution is -2.09. The molecule has 74 valence electrons. The molecular formula is C11H14N2S. The lowest BCUT2D eigenvalue weighted by Gasteiger charge is -2.08. The van der Waals surface area contributed by atoms with Gasteiger partial charge in [0.25, 0.3) is 0 Å². The summed E-state index contributed by atoms with van der Waals surface area (Å²) in [6, 6.07) is 6.11. The van der Waals surface area contributed by atoms with Crippen LogP contribution in [0.3, 0.4) is 0 Å². The molecule has 0 radical (unpaired) electrons. The normalized spacial score (nSPS) is 11.4. The zero-order valence-electron chi connectivity index (χ0n) is 8.45. The van der Waals surface area contributed by atoms with Gasteiger partial charge in [0, 0.05) is 16.9 Å². The van der Waals surface area contributed by atoms with Crippen LogP contribution in [0.15, 0.2) is 23.6 Å². The van der Waals surface area contributed by atoms with Gasteiger partial charge in [0.2, 0.25) is 0 Å². The van der Waals surface area contributed by atoms with Crippen molar-refractivity contribution in [2.45, 2.75) is 6.54 Å². The molecule has 0 atom stereocenters. The minimum atomic E-state index is 0.843. The molecule has 0 saturated heterocycles. The highest BCUT2D eigenvalue weighted by Gasteiger charge is 2.04. The molecule has 0 saturated carbocycles. The fourth-order valence-electron chi connectivity index (χ4n) is 1.56. The van der Waals surface area contributed by atoms with E-state index in [1.807, 2.05) is 6.07 Å². The lowest BCUT2D eigenvalue weighted by atomic mass is 10.1. The molecule has 2 nitrogen and oxygen atoms in total. The van der Waals surface area contributed by atoms with Gasteiger partial charge in [0.05, 0.1) is 0 Å². The fraction of sp³-hybridized carbons (Fsp3) is 0.273. The van der Waals surface area contributed by atoms with Gasteiger partial charge in [-0.25, -0.2) is 0 Å². The fourth-order valence-corrected chi connectivity index (χ4v) is 2.50. The summed E-state index contributed by atoms with van der Waals surface area (Å²) in [5, 5.41) is 3.51. The molecule has 1 aromatic heterocycles. The monoisotopic (exact) mass is 206 g/mol. The topological polar surface area (TPSA) is 29.3 Å². The van der Waals surface area contributed by atoms with E-state index in [4.69, 9.17) is 5.73 Å². The van der Waals surface area contributed by atoms with Crippen LogP contribution < -0.4 is 5.73 Å². The molecule has 2 N–H and O–H groups in total. The Hall–Kier alpha value is -1.06. The van der Waals surface area contributed by atoms with Crippen LogP contribution in [0.5, 0.6) is 0 Å². The van der Waals surface area contributed by atoms with Crippen molar-refractivity contribution in [2.75, 3.05) is 19.8 Å². The zero-order chi connectivity index (χ0) is 10.1. The van der Waals surface area contributed by atoms with Gasteiger partial charge in [-0.2, -0.15) is 0 Å². The van der Waals surface area contributed by atoms with Gasteiger partial charge < -0.3 is 10.6 Å². The summed E-state index contributed by atoms with van der Waals surface area (Å²) in [5.74, 6) is 0. The maximum atomic E-state index is 5.77. The summed E-state index contributed by atoms with van der Waals surface area (Å²) in [6.07, 6.45) is 0. The molecule has 0 aliphatic carbocycles. The second kappa shape index (κ2) is 3.59. The molecule has 0 fully saturated rings.